The summed E-state index contributed by atoms with van der Waals surface area (Å²) in [5, 5.41) is 18.7. The number of benzene rings is 1. The Labute approximate surface area is 104 Å². The molecule has 1 heterocycles. The van der Waals surface area contributed by atoms with Crippen LogP contribution in [0.15, 0.2) is 42.7 Å². The molecule has 0 radical (unpaired) electrons. The summed E-state index contributed by atoms with van der Waals surface area (Å²) in [5.74, 6) is -0.648. The predicted octanol–water partition coefficient (Wildman–Crippen LogP) is 1.77. The zero-order valence-electron chi connectivity index (χ0n) is 9.74. The van der Waals surface area contributed by atoms with Crippen LogP contribution in [0, 0.1) is 0 Å². The fraction of sp³-hybridized carbons (Fsp3) is 0.0769. The molecule has 0 spiro atoms. The van der Waals surface area contributed by atoms with Crippen LogP contribution in [0.4, 0.5) is 5.69 Å². The molecule has 0 atom stereocenters. The molecule has 92 valence electrons. The number of aromatic hydroxyl groups is 2. The number of anilines is 1. The summed E-state index contributed by atoms with van der Waals surface area (Å²) in [6.07, 6.45) is 3.17. The third-order valence-electron chi connectivity index (χ3n) is 2.49. The minimum atomic E-state index is -0.339. The molecular weight excluding hydrogens is 232 g/mol. The van der Waals surface area contributed by atoms with Crippen LogP contribution in [0.5, 0.6) is 11.5 Å². The Kier molecular flexibility index (Phi) is 3.14. The molecule has 18 heavy (non-hydrogen) atoms. The first-order valence-electron chi connectivity index (χ1n) is 5.29. The summed E-state index contributed by atoms with van der Waals surface area (Å²) < 4.78 is 0. The molecule has 0 unspecified atom stereocenters. The minimum absolute atomic E-state index is 0.155. The van der Waals surface area contributed by atoms with E-state index in [1.165, 1.54) is 23.1 Å². The average Bonchev–Trinajstić information content (AvgIpc) is 2.37. The summed E-state index contributed by atoms with van der Waals surface area (Å²) in [7, 11) is 1.60. The largest absolute Gasteiger partial charge is 0.508 e. The average molecular weight is 244 g/mol. The number of hydrogen-bond acceptors (Lipinski definition) is 4. The molecule has 2 aromatic rings. The number of phenolic OH excluding ortho intramolecular Hbond substituents is 2. The summed E-state index contributed by atoms with van der Waals surface area (Å²) in [6, 6.07) is 7.23. The molecule has 1 aromatic heterocycles. The Morgan fingerprint density at radius 3 is 2.44 bits per heavy atom. The maximum Gasteiger partial charge on any atom is 0.258 e. The van der Waals surface area contributed by atoms with Gasteiger partial charge in [-0.25, -0.2) is 0 Å². The SMILES string of the molecule is CN(C(=O)c1cc(O)cc(O)c1)c1cccnc1. The first kappa shape index (κ1) is 11.9. The van der Waals surface area contributed by atoms with Gasteiger partial charge in [0.25, 0.3) is 5.91 Å². The van der Waals surface area contributed by atoms with Crippen molar-refractivity contribution in [2.75, 3.05) is 11.9 Å². The second kappa shape index (κ2) is 4.75. The van der Waals surface area contributed by atoms with E-state index in [1.54, 1.807) is 31.6 Å². The number of phenols is 2. The van der Waals surface area contributed by atoms with E-state index in [2.05, 4.69) is 4.98 Å². The lowest BCUT2D eigenvalue weighted by Crippen LogP contribution is -2.26. The van der Waals surface area contributed by atoms with Gasteiger partial charge in [0.05, 0.1) is 11.9 Å². The second-order valence-corrected chi connectivity index (χ2v) is 3.81. The van der Waals surface area contributed by atoms with Crippen molar-refractivity contribution >= 4 is 11.6 Å². The van der Waals surface area contributed by atoms with Crippen molar-refractivity contribution in [1.82, 2.24) is 4.98 Å². The van der Waals surface area contributed by atoms with Crippen molar-refractivity contribution in [2.45, 2.75) is 0 Å². The van der Waals surface area contributed by atoms with Gasteiger partial charge in [0.2, 0.25) is 0 Å². The lowest BCUT2D eigenvalue weighted by molar-refractivity contribution is 0.0992. The van der Waals surface area contributed by atoms with Gasteiger partial charge in [-0.05, 0) is 24.3 Å². The highest BCUT2D eigenvalue weighted by molar-refractivity contribution is 6.06. The van der Waals surface area contributed by atoms with Gasteiger partial charge in [0.15, 0.2) is 0 Å². The van der Waals surface area contributed by atoms with Crippen molar-refractivity contribution in [3.05, 3.63) is 48.3 Å². The molecule has 1 aromatic carbocycles. The zero-order chi connectivity index (χ0) is 13.1. The first-order chi connectivity index (χ1) is 8.58. The first-order valence-corrected chi connectivity index (χ1v) is 5.29. The molecule has 0 saturated carbocycles. The highest BCUT2D eigenvalue weighted by Crippen LogP contribution is 2.22. The number of carbonyl (C=O) groups is 1. The zero-order valence-corrected chi connectivity index (χ0v) is 9.74. The van der Waals surface area contributed by atoms with Crippen molar-refractivity contribution in [1.29, 1.82) is 0 Å². The third kappa shape index (κ3) is 2.40. The van der Waals surface area contributed by atoms with Crippen LogP contribution in [-0.4, -0.2) is 28.2 Å². The molecule has 2 N–H and O–H groups in total. The Balaban J connectivity index is 2.31. The number of carbonyl (C=O) groups excluding carboxylic acids is 1. The van der Waals surface area contributed by atoms with E-state index in [4.69, 9.17) is 0 Å². The Morgan fingerprint density at radius 1 is 1.22 bits per heavy atom. The van der Waals surface area contributed by atoms with Crippen LogP contribution in [0.1, 0.15) is 10.4 Å². The van der Waals surface area contributed by atoms with Crippen LogP contribution in [0.3, 0.4) is 0 Å². The van der Waals surface area contributed by atoms with Crippen LogP contribution >= 0.6 is 0 Å². The maximum atomic E-state index is 12.1. The van der Waals surface area contributed by atoms with E-state index >= 15 is 0 Å². The third-order valence-corrected chi connectivity index (χ3v) is 2.49. The number of rotatable bonds is 2. The van der Waals surface area contributed by atoms with Crippen LogP contribution < -0.4 is 4.90 Å². The van der Waals surface area contributed by atoms with Gasteiger partial charge < -0.3 is 15.1 Å². The quantitative estimate of drug-likeness (QED) is 0.844. The number of nitrogens with zero attached hydrogens (tertiary/aromatic N) is 2. The van der Waals surface area contributed by atoms with E-state index in [0.717, 1.165) is 0 Å². The van der Waals surface area contributed by atoms with Gasteiger partial charge in [0.1, 0.15) is 11.5 Å². The molecule has 5 heteroatoms. The lowest BCUT2D eigenvalue weighted by atomic mass is 10.1. The molecule has 0 aliphatic rings. The van der Waals surface area contributed by atoms with Crippen LogP contribution in [0.2, 0.25) is 0 Å². The minimum Gasteiger partial charge on any atom is -0.508 e. The van der Waals surface area contributed by atoms with Gasteiger partial charge in [-0.15, -0.1) is 0 Å². The van der Waals surface area contributed by atoms with E-state index < -0.39 is 0 Å². The van der Waals surface area contributed by atoms with Crippen molar-refractivity contribution < 1.29 is 15.0 Å². The highest BCUT2D eigenvalue weighted by atomic mass is 16.3. The summed E-state index contributed by atoms with van der Waals surface area (Å²) in [5.41, 5.74) is 0.837. The molecule has 0 fully saturated rings. The van der Waals surface area contributed by atoms with Crippen molar-refractivity contribution in [2.24, 2.45) is 0 Å². The number of hydrogen-bond donors (Lipinski definition) is 2. The maximum absolute atomic E-state index is 12.1. The fourth-order valence-electron chi connectivity index (χ4n) is 1.58. The molecule has 0 aliphatic heterocycles. The molecule has 1 amide bonds. The fourth-order valence-corrected chi connectivity index (χ4v) is 1.58. The molecule has 0 saturated heterocycles. The number of amides is 1. The van der Waals surface area contributed by atoms with Gasteiger partial charge >= 0.3 is 0 Å². The van der Waals surface area contributed by atoms with Gasteiger partial charge in [-0.2, -0.15) is 0 Å². The van der Waals surface area contributed by atoms with E-state index in [0.29, 0.717) is 5.69 Å². The predicted molar refractivity (Wildman–Crippen MR) is 66.7 cm³/mol. The Morgan fingerprint density at radius 2 is 1.89 bits per heavy atom. The van der Waals surface area contributed by atoms with E-state index in [-0.39, 0.29) is 23.0 Å². The van der Waals surface area contributed by atoms with Crippen LogP contribution in [-0.2, 0) is 0 Å². The monoisotopic (exact) mass is 244 g/mol. The summed E-state index contributed by atoms with van der Waals surface area (Å²) in [6.45, 7) is 0. The normalized spacial score (nSPS) is 10.1. The van der Waals surface area contributed by atoms with Crippen molar-refractivity contribution in [3.8, 4) is 11.5 Å². The number of pyridine rings is 1. The molecule has 0 aliphatic carbocycles. The lowest BCUT2D eigenvalue weighted by Gasteiger charge is -2.17. The Bertz CT molecular complexity index is 549. The Hall–Kier alpha value is -2.56. The van der Waals surface area contributed by atoms with Gasteiger partial charge in [0, 0.05) is 24.9 Å². The highest BCUT2D eigenvalue weighted by Gasteiger charge is 2.15. The van der Waals surface area contributed by atoms with E-state index in [9.17, 15) is 15.0 Å². The molecular formula is C13H12N2O3. The molecule has 0 bridgehead atoms. The van der Waals surface area contributed by atoms with Crippen LogP contribution in [0.25, 0.3) is 0 Å². The second-order valence-electron chi connectivity index (χ2n) is 3.81. The van der Waals surface area contributed by atoms with Gasteiger partial charge in [-0.3, -0.25) is 9.78 Å². The molecule has 5 nitrogen and oxygen atoms in total. The van der Waals surface area contributed by atoms with E-state index in [1.807, 2.05) is 0 Å². The smallest absolute Gasteiger partial charge is 0.258 e. The summed E-state index contributed by atoms with van der Waals surface area (Å²) >= 11 is 0. The summed E-state index contributed by atoms with van der Waals surface area (Å²) in [4.78, 5) is 17.4. The molecule has 2 rings (SSSR count). The standard InChI is InChI=1S/C13H12N2O3/c1-15(10-3-2-4-14-8-10)13(18)9-5-11(16)7-12(17)6-9/h2-8,16-17H,1H3. The number of aromatic nitrogens is 1. The van der Waals surface area contributed by atoms with Crippen molar-refractivity contribution in [3.63, 3.8) is 0 Å². The topological polar surface area (TPSA) is 73.7 Å². The van der Waals surface area contributed by atoms with Gasteiger partial charge in [-0.1, -0.05) is 0 Å².